The van der Waals surface area contributed by atoms with Crippen molar-refractivity contribution in [3.63, 3.8) is 0 Å². The summed E-state index contributed by atoms with van der Waals surface area (Å²) in [6.07, 6.45) is 1.44. The van der Waals surface area contributed by atoms with Gasteiger partial charge in [0.25, 0.3) is 0 Å². The van der Waals surface area contributed by atoms with E-state index < -0.39 is 0 Å². The van der Waals surface area contributed by atoms with Crippen LogP contribution in [-0.4, -0.2) is 18.0 Å². The Morgan fingerprint density at radius 1 is 1.37 bits per heavy atom. The van der Waals surface area contributed by atoms with Crippen LogP contribution in [0.25, 0.3) is 11.3 Å². The van der Waals surface area contributed by atoms with Crippen molar-refractivity contribution >= 4 is 5.78 Å². The minimum Gasteiger partial charge on any atom is -0.496 e. The second-order valence-corrected chi connectivity index (χ2v) is 4.74. The van der Waals surface area contributed by atoms with E-state index in [0.29, 0.717) is 23.0 Å². The van der Waals surface area contributed by atoms with Crippen molar-refractivity contribution in [2.75, 3.05) is 7.11 Å². The smallest absolute Gasteiger partial charge is 0.181 e. The summed E-state index contributed by atoms with van der Waals surface area (Å²) in [6, 6.07) is 5.88. The van der Waals surface area contributed by atoms with E-state index in [-0.39, 0.29) is 5.78 Å². The Hall–Kier alpha value is -2.10. The average molecular weight is 259 g/mol. The number of ketones is 1. The molecule has 0 aliphatic rings. The summed E-state index contributed by atoms with van der Waals surface area (Å²) < 4.78 is 10.6. The highest BCUT2D eigenvalue weighted by Crippen LogP contribution is 2.34. The van der Waals surface area contributed by atoms with Gasteiger partial charge in [-0.3, -0.25) is 4.79 Å². The molecule has 1 aromatic heterocycles. The van der Waals surface area contributed by atoms with E-state index in [1.54, 1.807) is 7.11 Å². The fourth-order valence-corrected chi connectivity index (χ4v) is 1.94. The lowest BCUT2D eigenvalue weighted by atomic mass is 9.98. The van der Waals surface area contributed by atoms with Gasteiger partial charge >= 0.3 is 0 Å². The van der Waals surface area contributed by atoms with Crippen molar-refractivity contribution in [3.8, 4) is 17.1 Å². The fraction of sp³-hybridized carbons (Fsp3) is 0.333. The van der Waals surface area contributed by atoms with E-state index in [1.165, 1.54) is 18.7 Å². The molecule has 2 aromatic rings. The Bertz CT molecular complexity index is 599. The van der Waals surface area contributed by atoms with Crippen molar-refractivity contribution in [1.29, 1.82) is 0 Å². The van der Waals surface area contributed by atoms with E-state index in [1.807, 2.05) is 18.2 Å². The van der Waals surface area contributed by atoms with Crippen LogP contribution >= 0.6 is 0 Å². The Balaban J connectivity index is 2.56. The number of carbonyl (C=O) groups excluding carboxylic acids is 1. The number of hydrogen-bond acceptors (Lipinski definition) is 4. The Labute approximate surface area is 112 Å². The van der Waals surface area contributed by atoms with E-state index >= 15 is 0 Å². The number of ether oxygens (including phenoxy) is 1. The van der Waals surface area contributed by atoms with Crippen LogP contribution < -0.4 is 4.74 Å². The van der Waals surface area contributed by atoms with Gasteiger partial charge in [0.15, 0.2) is 11.5 Å². The normalized spacial score (nSPS) is 10.8. The largest absolute Gasteiger partial charge is 0.496 e. The minimum absolute atomic E-state index is 0.0776. The Kier molecular flexibility index (Phi) is 3.69. The third kappa shape index (κ3) is 2.52. The summed E-state index contributed by atoms with van der Waals surface area (Å²) in [5, 5.41) is 3.70. The van der Waals surface area contributed by atoms with Gasteiger partial charge in [0, 0.05) is 0 Å². The first-order valence-corrected chi connectivity index (χ1v) is 6.18. The Morgan fingerprint density at radius 3 is 2.68 bits per heavy atom. The van der Waals surface area contributed by atoms with Crippen molar-refractivity contribution < 1.29 is 14.1 Å². The van der Waals surface area contributed by atoms with E-state index in [9.17, 15) is 4.79 Å². The highest BCUT2D eigenvalue weighted by atomic mass is 16.5. The number of methoxy groups -OCH3 is 1. The molecule has 1 aromatic carbocycles. The maximum Gasteiger partial charge on any atom is 0.181 e. The van der Waals surface area contributed by atoms with Crippen LogP contribution in [0.5, 0.6) is 5.75 Å². The first kappa shape index (κ1) is 13.3. The minimum atomic E-state index is -0.0776. The summed E-state index contributed by atoms with van der Waals surface area (Å²) in [4.78, 5) is 11.5. The number of aromatic nitrogens is 1. The molecule has 0 amide bonds. The quantitative estimate of drug-likeness (QED) is 0.786. The van der Waals surface area contributed by atoms with Crippen LogP contribution in [0.4, 0.5) is 0 Å². The molecule has 2 rings (SSSR count). The lowest BCUT2D eigenvalue weighted by molar-refractivity contribution is 0.101. The van der Waals surface area contributed by atoms with Gasteiger partial charge < -0.3 is 9.26 Å². The van der Waals surface area contributed by atoms with Crippen LogP contribution in [0.3, 0.4) is 0 Å². The van der Waals surface area contributed by atoms with Crippen molar-refractivity contribution in [2.24, 2.45) is 0 Å². The molecule has 0 aliphatic heterocycles. The number of carbonyl (C=O) groups is 1. The lowest BCUT2D eigenvalue weighted by Crippen LogP contribution is -1.96. The predicted molar refractivity (Wildman–Crippen MR) is 72.6 cm³/mol. The monoisotopic (exact) mass is 259 g/mol. The number of rotatable bonds is 4. The van der Waals surface area contributed by atoms with E-state index in [2.05, 4.69) is 19.0 Å². The third-order valence-electron chi connectivity index (χ3n) is 3.09. The molecule has 0 radical (unpaired) electrons. The second kappa shape index (κ2) is 5.26. The SMILES string of the molecule is COc1cc(C(C)C)ccc1-c1oncc1C(C)=O. The van der Waals surface area contributed by atoms with Crippen LogP contribution in [0.1, 0.15) is 42.6 Å². The van der Waals surface area contributed by atoms with Crippen LogP contribution in [0.15, 0.2) is 28.9 Å². The number of benzene rings is 1. The van der Waals surface area contributed by atoms with Crippen LogP contribution in [-0.2, 0) is 0 Å². The Morgan fingerprint density at radius 2 is 2.11 bits per heavy atom. The summed E-state index contributed by atoms with van der Waals surface area (Å²) in [5.41, 5.74) is 2.38. The zero-order valence-electron chi connectivity index (χ0n) is 11.6. The van der Waals surface area contributed by atoms with E-state index in [0.717, 1.165) is 5.56 Å². The van der Waals surface area contributed by atoms with E-state index in [4.69, 9.17) is 9.26 Å². The highest BCUT2D eigenvalue weighted by molar-refractivity contribution is 5.99. The average Bonchev–Trinajstić information content (AvgIpc) is 2.87. The maximum absolute atomic E-state index is 11.5. The number of Topliss-reactive ketones (excluding diaryl/α,β-unsaturated/α-hetero) is 1. The van der Waals surface area contributed by atoms with Gasteiger partial charge in [0.05, 0.1) is 24.4 Å². The molecule has 0 bridgehead atoms. The highest BCUT2D eigenvalue weighted by Gasteiger charge is 2.18. The molecule has 4 nitrogen and oxygen atoms in total. The summed E-state index contributed by atoms with van der Waals surface area (Å²) in [6.45, 7) is 5.72. The van der Waals surface area contributed by atoms with Gasteiger partial charge in [-0.15, -0.1) is 0 Å². The molecular weight excluding hydrogens is 242 g/mol. The molecule has 0 fully saturated rings. The number of hydrogen-bond donors (Lipinski definition) is 0. The first-order chi connectivity index (χ1) is 9.04. The zero-order chi connectivity index (χ0) is 14.0. The molecule has 0 atom stereocenters. The number of nitrogens with zero attached hydrogens (tertiary/aromatic N) is 1. The maximum atomic E-state index is 11.5. The van der Waals surface area contributed by atoms with Crippen molar-refractivity contribution in [3.05, 3.63) is 35.5 Å². The molecule has 19 heavy (non-hydrogen) atoms. The molecule has 0 unspecified atom stereocenters. The van der Waals surface area contributed by atoms with Gasteiger partial charge in [-0.25, -0.2) is 0 Å². The molecular formula is C15H17NO3. The predicted octanol–water partition coefficient (Wildman–Crippen LogP) is 3.68. The third-order valence-corrected chi connectivity index (χ3v) is 3.09. The van der Waals surface area contributed by atoms with Crippen molar-refractivity contribution in [1.82, 2.24) is 5.16 Å². The van der Waals surface area contributed by atoms with Gasteiger partial charge in [0.2, 0.25) is 0 Å². The van der Waals surface area contributed by atoms with Gasteiger partial charge in [-0.1, -0.05) is 25.1 Å². The molecule has 0 saturated heterocycles. The van der Waals surface area contributed by atoms with Crippen LogP contribution in [0.2, 0.25) is 0 Å². The molecule has 0 N–H and O–H groups in total. The molecule has 0 aliphatic carbocycles. The standard InChI is InChI=1S/C15H17NO3/c1-9(2)11-5-6-12(14(7-11)18-4)15-13(10(3)17)8-16-19-15/h5-9H,1-4H3. The molecule has 0 spiro atoms. The zero-order valence-corrected chi connectivity index (χ0v) is 11.6. The topological polar surface area (TPSA) is 52.3 Å². The fourth-order valence-electron chi connectivity index (χ4n) is 1.94. The van der Waals surface area contributed by atoms with Gasteiger partial charge in [-0.05, 0) is 30.5 Å². The molecule has 100 valence electrons. The summed E-state index contributed by atoms with van der Waals surface area (Å²) in [5.74, 6) is 1.47. The van der Waals surface area contributed by atoms with Gasteiger partial charge in [0.1, 0.15) is 5.75 Å². The van der Waals surface area contributed by atoms with Gasteiger partial charge in [-0.2, -0.15) is 0 Å². The lowest BCUT2D eigenvalue weighted by Gasteiger charge is -2.11. The molecule has 1 heterocycles. The molecule has 4 heteroatoms. The molecule has 0 saturated carbocycles. The second-order valence-electron chi connectivity index (χ2n) is 4.74. The van der Waals surface area contributed by atoms with Crippen LogP contribution in [0, 0.1) is 0 Å². The van der Waals surface area contributed by atoms with Crippen molar-refractivity contribution in [2.45, 2.75) is 26.7 Å². The summed E-state index contributed by atoms with van der Waals surface area (Å²) in [7, 11) is 1.60. The first-order valence-electron chi connectivity index (χ1n) is 6.18. The summed E-state index contributed by atoms with van der Waals surface area (Å²) >= 11 is 0.